The van der Waals surface area contributed by atoms with Gasteiger partial charge in [-0.2, -0.15) is 0 Å². The number of carbonyl (C=O) groups excluding carboxylic acids is 1. The molecule has 1 rings (SSSR count). The quantitative estimate of drug-likeness (QED) is 0.488. The number of nitrogens with zero attached hydrogens (tertiary/aromatic N) is 2. The zero-order chi connectivity index (χ0) is 19.0. The van der Waals surface area contributed by atoms with E-state index in [1.807, 2.05) is 0 Å². The molecule has 0 saturated heterocycles. The molecule has 1 aromatic carbocycles. The first-order valence-electron chi connectivity index (χ1n) is 8.01. The highest BCUT2D eigenvalue weighted by Crippen LogP contribution is 2.29. The van der Waals surface area contributed by atoms with Crippen molar-refractivity contribution in [2.24, 2.45) is 0 Å². The first-order valence-corrected chi connectivity index (χ1v) is 8.01. The van der Waals surface area contributed by atoms with E-state index < -0.39 is 22.8 Å². The highest BCUT2D eigenvalue weighted by Gasteiger charge is 2.27. The van der Waals surface area contributed by atoms with Gasteiger partial charge in [-0.3, -0.25) is 24.6 Å². The van der Waals surface area contributed by atoms with Crippen LogP contribution in [0.3, 0.4) is 0 Å². The number of nitro groups is 1. The summed E-state index contributed by atoms with van der Waals surface area (Å²) in [6.45, 7) is 6.66. The second-order valence-electron chi connectivity index (χ2n) is 5.20. The Bertz CT molecular complexity index is 630. The number of carbonyl (C=O) groups is 2. The van der Waals surface area contributed by atoms with E-state index in [-0.39, 0.29) is 17.8 Å². The first-order chi connectivity index (χ1) is 11.8. The smallest absolute Gasteiger partial charge is 0.321 e. The predicted octanol–water partition coefficient (Wildman–Crippen LogP) is 2.12. The lowest BCUT2D eigenvalue weighted by Crippen LogP contribution is -2.43. The van der Waals surface area contributed by atoms with E-state index in [9.17, 15) is 24.8 Å². The maximum Gasteiger partial charge on any atom is 0.321 e. The van der Waals surface area contributed by atoms with Crippen molar-refractivity contribution in [1.29, 1.82) is 0 Å². The van der Waals surface area contributed by atoms with Gasteiger partial charge in [-0.25, -0.2) is 0 Å². The Hall–Kier alpha value is -2.68. The van der Waals surface area contributed by atoms with Crippen molar-refractivity contribution in [2.45, 2.75) is 33.2 Å². The fourth-order valence-electron chi connectivity index (χ4n) is 2.44. The van der Waals surface area contributed by atoms with Gasteiger partial charge < -0.3 is 15.2 Å². The predicted molar refractivity (Wildman–Crippen MR) is 91.9 cm³/mol. The van der Waals surface area contributed by atoms with Crippen LogP contribution in [0.5, 0.6) is 5.75 Å². The van der Waals surface area contributed by atoms with E-state index in [4.69, 9.17) is 4.74 Å². The van der Waals surface area contributed by atoms with Gasteiger partial charge in [-0.1, -0.05) is 13.8 Å². The zero-order valence-electron chi connectivity index (χ0n) is 14.5. The summed E-state index contributed by atoms with van der Waals surface area (Å²) < 4.78 is 5.21. The molecule has 2 N–H and O–H groups in total. The number of anilines is 1. The van der Waals surface area contributed by atoms with E-state index in [2.05, 4.69) is 5.32 Å². The van der Waals surface area contributed by atoms with Gasteiger partial charge in [0.05, 0.1) is 24.0 Å². The van der Waals surface area contributed by atoms with E-state index >= 15 is 0 Å². The molecule has 1 unspecified atom stereocenters. The highest BCUT2D eigenvalue weighted by molar-refractivity contribution is 5.96. The van der Waals surface area contributed by atoms with Gasteiger partial charge in [0, 0.05) is 0 Å². The largest absolute Gasteiger partial charge is 0.494 e. The Kier molecular flexibility index (Phi) is 7.80. The van der Waals surface area contributed by atoms with Crippen molar-refractivity contribution in [1.82, 2.24) is 4.90 Å². The molecule has 0 aliphatic rings. The Morgan fingerprint density at radius 1 is 1.32 bits per heavy atom. The molecule has 1 atom stereocenters. The fraction of sp³-hybridized carbons (Fsp3) is 0.500. The van der Waals surface area contributed by atoms with Crippen LogP contribution in [0.25, 0.3) is 0 Å². The number of carboxylic acid groups (broad SMARTS) is 1. The monoisotopic (exact) mass is 353 g/mol. The Labute approximate surface area is 145 Å². The number of likely N-dealkylation sites (N-methyl/N-ethyl adjacent to an activating group) is 1. The zero-order valence-corrected chi connectivity index (χ0v) is 14.5. The molecule has 0 saturated carbocycles. The van der Waals surface area contributed by atoms with E-state index in [0.717, 1.165) is 0 Å². The van der Waals surface area contributed by atoms with Gasteiger partial charge in [0.1, 0.15) is 17.5 Å². The Balaban J connectivity index is 2.95. The number of carboxylic acids is 1. The van der Waals surface area contributed by atoms with Gasteiger partial charge in [-0.15, -0.1) is 0 Å². The number of benzene rings is 1. The van der Waals surface area contributed by atoms with Crippen LogP contribution in [-0.2, 0) is 9.59 Å². The van der Waals surface area contributed by atoms with Crippen molar-refractivity contribution in [3.63, 3.8) is 0 Å². The summed E-state index contributed by atoms with van der Waals surface area (Å²) in [5.74, 6) is -1.40. The average Bonchev–Trinajstić information content (AvgIpc) is 2.56. The number of nitro benzene ring substituents is 1. The third kappa shape index (κ3) is 5.71. The highest BCUT2D eigenvalue weighted by atomic mass is 16.6. The summed E-state index contributed by atoms with van der Waals surface area (Å²) in [6, 6.07) is 3.11. The molecule has 0 aliphatic carbocycles. The molecule has 25 heavy (non-hydrogen) atoms. The summed E-state index contributed by atoms with van der Waals surface area (Å²) in [4.78, 5) is 35.8. The number of hydrogen-bond donors (Lipinski definition) is 2. The number of rotatable bonds is 10. The SMILES string of the molecule is CCOc1ccc(NC(=O)CC(C(=O)O)N(CC)CC)c([N+](=O)[O-])c1. The molecule has 9 heteroatoms. The van der Waals surface area contributed by atoms with Crippen molar-refractivity contribution in [3.05, 3.63) is 28.3 Å². The molecule has 138 valence electrons. The first kappa shape index (κ1) is 20.4. The summed E-state index contributed by atoms with van der Waals surface area (Å²) in [6.07, 6.45) is -0.304. The van der Waals surface area contributed by atoms with Crippen LogP contribution in [0.4, 0.5) is 11.4 Å². The molecule has 0 heterocycles. The molecule has 0 aliphatic heterocycles. The third-order valence-corrected chi connectivity index (χ3v) is 3.67. The number of nitrogens with one attached hydrogen (secondary N) is 1. The number of aliphatic carboxylic acids is 1. The van der Waals surface area contributed by atoms with Crippen molar-refractivity contribution < 1.29 is 24.4 Å². The standard InChI is InChI=1S/C16H23N3O6/c1-4-18(5-2)14(16(21)22)10-15(20)17-12-8-7-11(25-6-3)9-13(12)19(23)24/h7-9,14H,4-6,10H2,1-3H3,(H,17,20)(H,21,22). The molecule has 0 aromatic heterocycles. The van der Waals surface area contributed by atoms with Gasteiger partial charge in [0.25, 0.3) is 5.69 Å². The molecule has 1 aromatic rings. The molecule has 1 amide bonds. The summed E-state index contributed by atoms with van der Waals surface area (Å²) in [5, 5.41) is 22.9. The van der Waals surface area contributed by atoms with Crippen molar-refractivity contribution in [3.8, 4) is 5.75 Å². The lowest BCUT2D eigenvalue weighted by molar-refractivity contribution is -0.384. The maximum atomic E-state index is 12.2. The second kappa shape index (κ2) is 9.58. The molecule has 0 radical (unpaired) electrons. The van der Waals surface area contributed by atoms with Gasteiger partial charge in [0.2, 0.25) is 5.91 Å². The van der Waals surface area contributed by atoms with Gasteiger partial charge in [0.15, 0.2) is 0 Å². The summed E-state index contributed by atoms with van der Waals surface area (Å²) in [7, 11) is 0. The topological polar surface area (TPSA) is 122 Å². The summed E-state index contributed by atoms with van der Waals surface area (Å²) in [5.41, 5.74) is -0.309. The lowest BCUT2D eigenvalue weighted by atomic mass is 10.1. The fourth-order valence-corrected chi connectivity index (χ4v) is 2.44. The molecular formula is C16H23N3O6. The minimum atomic E-state index is -1.11. The Morgan fingerprint density at radius 3 is 2.44 bits per heavy atom. The molecule has 9 nitrogen and oxygen atoms in total. The number of hydrogen-bond acceptors (Lipinski definition) is 6. The second-order valence-corrected chi connectivity index (χ2v) is 5.20. The average molecular weight is 353 g/mol. The molecule has 0 bridgehead atoms. The van der Waals surface area contributed by atoms with Crippen LogP contribution in [0, 0.1) is 10.1 Å². The van der Waals surface area contributed by atoms with Crippen LogP contribution in [0.15, 0.2) is 18.2 Å². The van der Waals surface area contributed by atoms with Crippen LogP contribution in [0.1, 0.15) is 27.2 Å². The lowest BCUT2D eigenvalue weighted by Gasteiger charge is -2.25. The van der Waals surface area contributed by atoms with E-state index in [1.165, 1.54) is 18.2 Å². The van der Waals surface area contributed by atoms with E-state index in [1.54, 1.807) is 25.7 Å². The normalized spacial score (nSPS) is 11.8. The van der Waals surface area contributed by atoms with Crippen LogP contribution in [-0.4, -0.2) is 52.5 Å². The number of ether oxygens (including phenoxy) is 1. The van der Waals surface area contributed by atoms with Gasteiger partial charge >= 0.3 is 5.97 Å². The van der Waals surface area contributed by atoms with E-state index in [0.29, 0.717) is 25.4 Å². The Morgan fingerprint density at radius 2 is 1.96 bits per heavy atom. The minimum absolute atomic E-state index is 0.00198. The van der Waals surface area contributed by atoms with Crippen LogP contribution >= 0.6 is 0 Å². The van der Waals surface area contributed by atoms with Crippen molar-refractivity contribution in [2.75, 3.05) is 25.0 Å². The molecule has 0 fully saturated rings. The minimum Gasteiger partial charge on any atom is -0.494 e. The van der Waals surface area contributed by atoms with Crippen LogP contribution < -0.4 is 10.1 Å². The van der Waals surface area contributed by atoms with Crippen LogP contribution in [0.2, 0.25) is 0 Å². The molecule has 0 spiro atoms. The van der Waals surface area contributed by atoms with Crippen molar-refractivity contribution >= 4 is 23.3 Å². The maximum absolute atomic E-state index is 12.2. The summed E-state index contributed by atoms with van der Waals surface area (Å²) >= 11 is 0. The molecular weight excluding hydrogens is 330 g/mol. The third-order valence-electron chi connectivity index (χ3n) is 3.67. The van der Waals surface area contributed by atoms with Gasteiger partial charge in [-0.05, 0) is 32.1 Å². The number of amides is 1.